The monoisotopic (exact) mass is 810 g/mol. The number of amides is 2. The predicted octanol–water partition coefficient (Wildman–Crippen LogP) is 8.14. The SMILES string of the molecule is C/C=C/C(=O)N1CCC(c2cnc(C3CCC(F)(F)CC3)cc2-c2ccn(C)n2)C1.C=CC(=O)N1CCC(F)(c2cnc(-c3ccc(F)cc3)cc2/C(N)=C/C=NC)C1. The highest BCUT2D eigenvalue weighted by atomic mass is 19.3. The lowest BCUT2D eigenvalue weighted by Gasteiger charge is -2.28. The van der Waals surface area contributed by atoms with Gasteiger partial charge in [0.25, 0.3) is 0 Å². The van der Waals surface area contributed by atoms with Gasteiger partial charge in [-0.3, -0.25) is 29.2 Å². The fraction of sp³-hybridized carbons (Fsp3) is 0.378. The van der Waals surface area contributed by atoms with Gasteiger partial charge >= 0.3 is 0 Å². The standard InChI is InChI=1S/C23H28F2N4O.C22H22F2N4O/c1-3-4-22(30)29-12-7-17(15-29)19-14-26-21(16-5-9-23(24,25)10-6-16)13-18(19)20-8-11-28(2)27-20;1-3-21(29)28-11-9-22(24,14-28)18-13-27-20(15-4-6-16(23)7-5-15)12-17(18)19(25)8-10-26-2/h3-4,8,11,13-14,16-17H,5-7,9-10,12,15H2,1-2H3;3-8,10,12-13H,1,9,11,14,25H2,2H3/b4-3+;19-8-,26-10?. The number of carbonyl (C=O) groups excluding carboxylic acids is 2. The van der Waals surface area contributed by atoms with Crippen LogP contribution in [0.3, 0.4) is 0 Å². The van der Waals surface area contributed by atoms with E-state index in [0.29, 0.717) is 47.5 Å². The lowest BCUT2D eigenvalue weighted by molar-refractivity contribution is -0.126. The van der Waals surface area contributed by atoms with Crippen molar-refractivity contribution in [2.45, 2.75) is 68.9 Å². The quantitative estimate of drug-likeness (QED) is 0.104. The second kappa shape index (κ2) is 18.3. The normalized spacial score (nSPS) is 20.9. The number of nitrogens with zero attached hydrogens (tertiary/aromatic N) is 7. The van der Waals surface area contributed by atoms with Crippen LogP contribution in [0.5, 0.6) is 0 Å². The molecular weight excluding hydrogens is 761 g/mol. The Balaban J connectivity index is 0.000000199. The van der Waals surface area contributed by atoms with E-state index >= 15 is 4.39 Å². The molecule has 1 saturated carbocycles. The fourth-order valence-corrected chi connectivity index (χ4v) is 7.99. The number of aliphatic imine (C=N–C) groups is 1. The van der Waals surface area contributed by atoms with Crippen LogP contribution in [0.15, 0.2) is 96.9 Å². The molecule has 14 heteroatoms. The van der Waals surface area contributed by atoms with E-state index in [4.69, 9.17) is 10.7 Å². The summed E-state index contributed by atoms with van der Waals surface area (Å²) in [4.78, 5) is 40.4. The summed E-state index contributed by atoms with van der Waals surface area (Å²) in [7, 11) is 3.48. The molecule has 0 bridgehead atoms. The molecule has 1 aromatic carbocycles. The molecule has 0 spiro atoms. The van der Waals surface area contributed by atoms with Gasteiger partial charge in [-0.2, -0.15) is 5.10 Å². The number of aryl methyl sites for hydroxylation is 1. The number of aromatic nitrogens is 4. The number of likely N-dealkylation sites (tertiary alicyclic amines) is 2. The van der Waals surface area contributed by atoms with E-state index in [-0.39, 0.29) is 61.8 Å². The predicted molar refractivity (Wildman–Crippen MR) is 222 cm³/mol. The van der Waals surface area contributed by atoms with Crippen molar-refractivity contribution in [2.24, 2.45) is 17.8 Å². The van der Waals surface area contributed by atoms with Crippen LogP contribution in [0.1, 0.15) is 79.7 Å². The molecular formula is C45H50F4N8O2. The van der Waals surface area contributed by atoms with Crippen LogP contribution >= 0.6 is 0 Å². The Morgan fingerprint density at radius 1 is 0.932 bits per heavy atom. The van der Waals surface area contributed by atoms with Crippen molar-refractivity contribution < 1.29 is 27.2 Å². The topological polar surface area (TPSA) is 123 Å². The Labute approximate surface area is 342 Å². The summed E-state index contributed by atoms with van der Waals surface area (Å²) in [5.41, 5.74) is 10.6. The van der Waals surface area contributed by atoms with Gasteiger partial charge in [0.2, 0.25) is 17.7 Å². The highest BCUT2D eigenvalue weighted by Crippen LogP contribution is 2.43. The summed E-state index contributed by atoms with van der Waals surface area (Å²) in [6.45, 7) is 6.85. The Morgan fingerprint density at radius 2 is 1.68 bits per heavy atom. The highest BCUT2D eigenvalue weighted by Gasteiger charge is 2.43. The molecule has 2 unspecified atom stereocenters. The summed E-state index contributed by atoms with van der Waals surface area (Å²) in [5.74, 6) is -2.95. The van der Waals surface area contributed by atoms with Gasteiger partial charge in [-0.05, 0) is 92.4 Å². The molecule has 7 rings (SSSR count). The lowest BCUT2D eigenvalue weighted by atomic mass is 9.83. The van der Waals surface area contributed by atoms with Gasteiger partial charge in [0.1, 0.15) is 5.82 Å². The average molecular weight is 811 g/mol. The number of halogens is 4. The van der Waals surface area contributed by atoms with Crippen LogP contribution in [0.25, 0.3) is 28.2 Å². The summed E-state index contributed by atoms with van der Waals surface area (Å²) in [6, 6.07) is 11.5. The van der Waals surface area contributed by atoms with E-state index in [1.807, 2.05) is 43.4 Å². The van der Waals surface area contributed by atoms with Crippen molar-refractivity contribution in [1.82, 2.24) is 29.5 Å². The number of hydrogen-bond acceptors (Lipinski definition) is 7. The minimum Gasteiger partial charge on any atom is -0.398 e. The zero-order valence-electron chi connectivity index (χ0n) is 33.6. The fourth-order valence-electron chi connectivity index (χ4n) is 7.99. The maximum absolute atomic E-state index is 15.9. The number of nitrogens with two attached hydrogens (primary N) is 1. The molecule has 2 aliphatic heterocycles. The minimum atomic E-state index is -2.55. The molecule has 3 aliphatic rings. The number of allylic oxidation sites excluding steroid dienone is 2. The Bertz CT molecular complexity index is 2240. The number of carbonyl (C=O) groups is 2. The maximum Gasteiger partial charge on any atom is 0.248 e. The van der Waals surface area contributed by atoms with Crippen molar-refractivity contribution in [2.75, 3.05) is 33.2 Å². The van der Waals surface area contributed by atoms with Gasteiger partial charge in [-0.1, -0.05) is 12.7 Å². The first-order chi connectivity index (χ1) is 28.2. The molecule has 2 atom stereocenters. The molecule has 2 amide bonds. The first kappa shape index (κ1) is 42.7. The van der Waals surface area contributed by atoms with Crippen LogP contribution in [-0.2, 0) is 22.3 Å². The first-order valence-electron chi connectivity index (χ1n) is 19.8. The van der Waals surface area contributed by atoms with Crippen LogP contribution in [0.2, 0.25) is 0 Å². The summed E-state index contributed by atoms with van der Waals surface area (Å²) >= 11 is 0. The molecule has 3 fully saturated rings. The Morgan fingerprint density at radius 3 is 2.34 bits per heavy atom. The van der Waals surface area contributed by atoms with E-state index in [0.717, 1.165) is 35.5 Å². The number of alkyl halides is 3. The van der Waals surface area contributed by atoms with E-state index < -0.39 is 11.6 Å². The molecule has 4 aromatic rings. The zero-order chi connectivity index (χ0) is 42.3. The second-order valence-electron chi connectivity index (χ2n) is 15.3. The van der Waals surface area contributed by atoms with Crippen molar-refractivity contribution in [3.8, 4) is 22.5 Å². The Hall–Kier alpha value is -5.92. The van der Waals surface area contributed by atoms with Crippen LogP contribution in [-0.4, -0.2) is 86.7 Å². The van der Waals surface area contributed by atoms with Crippen molar-refractivity contribution in [3.05, 3.63) is 120 Å². The van der Waals surface area contributed by atoms with Crippen molar-refractivity contribution in [1.29, 1.82) is 0 Å². The smallest absolute Gasteiger partial charge is 0.248 e. The molecule has 5 heterocycles. The molecule has 2 N–H and O–H groups in total. The number of rotatable bonds is 9. The molecule has 0 radical (unpaired) electrons. The molecule has 2 saturated heterocycles. The van der Waals surface area contributed by atoms with Crippen molar-refractivity contribution >= 4 is 23.7 Å². The van der Waals surface area contributed by atoms with Crippen LogP contribution < -0.4 is 5.73 Å². The van der Waals surface area contributed by atoms with Gasteiger partial charge in [-0.15, -0.1) is 0 Å². The number of benzene rings is 1. The number of hydrogen-bond donors (Lipinski definition) is 1. The third kappa shape index (κ3) is 10.0. The van der Waals surface area contributed by atoms with Crippen molar-refractivity contribution in [3.63, 3.8) is 0 Å². The van der Waals surface area contributed by atoms with Gasteiger partial charge in [0.05, 0.1) is 17.9 Å². The van der Waals surface area contributed by atoms with Gasteiger partial charge in [0.15, 0.2) is 5.67 Å². The summed E-state index contributed by atoms with van der Waals surface area (Å²) in [5, 5.41) is 4.58. The summed E-state index contributed by atoms with van der Waals surface area (Å²) < 4.78 is 58.1. The molecule has 59 heavy (non-hydrogen) atoms. The zero-order valence-corrected chi connectivity index (χ0v) is 33.6. The maximum atomic E-state index is 15.9. The molecule has 1 aliphatic carbocycles. The van der Waals surface area contributed by atoms with E-state index in [9.17, 15) is 22.8 Å². The highest BCUT2D eigenvalue weighted by molar-refractivity contribution is 5.88. The summed E-state index contributed by atoms with van der Waals surface area (Å²) in [6.07, 6.45) is 14.6. The van der Waals surface area contributed by atoms with Crippen LogP contribution in [0.4, 0.5) is 17.6 Å². The van der Waals surface area contributed by atoms with Gasteiger partial charge < -0.3 is 15.5 Å². The second-order valence-corrected chi connectivity index (χ2v) is 15.3. The largest absolute Gasteiger partial charge is 0.398 e. The Kier molecular flexibility index (Phi) is 13.3. The van der Waals surface area contributed by atoms with E-state index in [1.54, 1.807) is 48.2 Å². The first-order valence-corrected chi connectivity index (χ1v) is 19.8. The minimum absolute atomic E-state index is 0.0344. The molecule has 10 nitrogen and oxygen atoms in total. The van der Waals surface area contributed by atoms with E-state index in [1.165, 1.54) is 35.5 Å². The lowest BCUT2D eigenvalue weighted by Crippen LogP contribution is -2.31. The third-order valence-corrected chi connectivity index (χ3v) is 11.3. The average Bonchev–Trinajstić information content (AvgIpc) is 4.01. The molecule has 3 aromatic heterocycles. The number of pyridine rings is 2. The van der Waals surface area contributed by atoms with Crippen LogP contribution in [0, 0.1) is 5.82 Å². The molecule has 310 valence electrons. The van der Waals surface area contributed by atoms with Gasteiger partial charge in [0, 0.05) is 123 Å². The van der Waals surface area contributed by atoms with Gasteiger partial charge in [-0.25, -0.2) is 17.6 Å². The van der Waals surface area contributed by atoms with E-state index in [2.05, 4.69) is 21.7 Å². The third-order valence-electron chi connectivity index (χ3n) is 11.3.